The first kappa shape index (κ1) is 6.20. The first-order chi connectivity index (χ1) is 3.27. The minimum Gasteiger partial charge on any atom is -0.472 e. The van der Waals surface area contributed by atoms with Crippen LogP contribution in [0.4, 0.5) is 4.79 Å². The monoisotopic (exact) mass is 119 g/mol. The van der Waals surface area contributed by atoms with E-state index in [0.29, 0.717) is 0 Å². The highest BCUT2D eigenvalue weighted by Gasteiger charge is 1.89. The maximum Gasteiger partial charge on any atom is 0.388 e. The van der Waals surface area contributed by atoms with Crippen molar-refractivity contribution in [2.45, 2.75) is 0 Å². The molecule has 1 N–H and O–H groups in total. The van der Waals surface area contributed by atoms with Gasteiger partial charge in [-0.1, -0.05) is 0 Å². The van der Waals surface area contributed by atoms with Crippen LogP contribution in [0.25, 0.3) is 0 Å². The molecule has 0 fully saturated rings. The van der Waals surface area contributed by atoms with Gasteiger partial charge in [0.1, 0.15) is 11.9 Å². The third kappa shape index (κ3) is 5.20. The van der Waals surface area contributed by atoms with Crippen LogP contribution < -0.4 is 0 Å². The quantitative estimate of drug-likeness (QED) is 0.312. The molecule has 0 aliphatic heterocycles. The maximum atomic E-state index is 9.45. The molecule has 0 aliphatic carbocycles. The minimum atomic E-state index is -1.21. The molecule has 0 rings (SSSR count). The zero-order valence-corrected chi connectivity index (χ0v) is 3.94. The maximum absolute atomic E-state index is 9.45. The van der Waals surface area contributed by atoms with E-state index in [2.05, 4.69) is 4.40 Å². The number of carbonyl (C=O) groups excluding carboxylic acids is 1. The molecule has 0 unspecified atom stereocenters. The zero-order chi connectivity index (χ0) is 5.70. The summed E-state index contributed by atoms with van der Waals surface area (Å²) in [6.45, 7) is 0. The second kappa shape index (κ2) is 3.39. The predicted octanol–water partition coefficient (Wildman–Crippen LogP) is 0.648. The summed E-state index contributed by atoms with van der Waals surface area (Å²) in [6, 6.07) is 0. The van der Waals surface area contributed by atoms with E-state index in [9.17, 15) is 4.79 Å². The molecular formula is C2HNO3S. The Labute approximate surface area is 43.4 Å². The summed E-state index contributed by atoms with van der Waals surface area (Å²) >= 11 is 0.149. The summed E-state index contributed by atoms with van der Waals surface area (Å²) in [4.78, 5) is 18.6. The van der Waals surface area contributed by atoms with Crippen molar-refractivity contribution in [3.63, 3.8) is 0 Å². The van der Waals surface area contributed by atoms with Gasteiger partial charge in [0.25, 0.3) is 0 Å². The second-order valence-electron chi connectivity index (χ2n) is 0.540. The lowest BCUT2D eigenvalue weighted by molar-refractivity contribution is 0.222. The van der Waals surface area contributed by atoms with Crippen molar-refractivity contribution < 1.29 is 14.7 Å². The van der Waals surface area contributed by atoms with E-state index >= 15 is 0 Å². The molecule has 38 valence electrons. The van der Waals surface area contributed by atoms with E-state index in [-0.39, 0.29) is 11.9 Å². The van der Waals surface area contributed by atoms with Crippen molar-refractivity contribution >= 4 is 23.3 Å². The van der Waals surface area contributed by atoms with Gasteiger partial charge in [-0.15, -0.1) is 4.40 Å². The Kier molecular flexibility index (Phi) is 3.00. The smallest absolute Gasteiger partial charge is 0.388 e. The Morgan fingerprint density at radius 2 is 2.43 bits per heavy atom. The number of nitrogens with zero attached hydrogens (tertiary/aromatic N) is 1. The van der Waals surface area contributed by atoms with Gasteiger partial charge in [0.15, 0.2) is 0 Å². The fourth-order valence-electron chi connectivity index (χ4n) is 0.0577. The van der Waals surface area contributed by atoms with Crippen LogP contribution >= 0.6 is 11.9 Å². The summed E-state index contributed by atoms with van der Waals surface area (Å²) in [5.74, 6) is 0. The molecule has 0 heterocycles. The van der Waals surface area contributed by atoms with Gasteiger partial charge in [0, 0.05) is 0 Å². The average molecular weight is 119 g/mol. The fraction of sp³-hybridized carbons (Fsp3) is 0. The topological polar surface area (TPSA) is 66.7 Å². The number of carbonyl (C=O) groups is 1. The third-order valence-corrected chi connectivity index (χ3v) is 0.483. The summed E-state index contributed by atoms with van der Waals surface area (Å²) in [6.07, 6.45) is 1.06. The molecule has 7 heavy (non-hydrogen) atoms. The zero-order valence-electron chi connectivity index (χ0n) is 3.12. The number of carboxylic acid groups (broad SMARTS) is 1. The highest BCUT2D eigenvalue weighted by Crippen LogP contribution is 1.98. The van der Waals surface area contributed by atoms with Gasteiger partial charge in [-0.3, -0.25) is 0 Å². The van der Waals surface area contributed by atoms with E-state index in [0.717, 1.165) is 6.08 Å². The molecule has 0 aromatic carbocycles. The molecule has 0 spiro atoms. The predicted molar refractivity (Wildman–Crippen MR) is 23.7 cm³/mol. The number of isocyanates is 1. The summed E-state index contributed by atoms with van der Waals surface area (Å²) in [5.41, 5.74) is 0. The van der Waals surface area contributed by atoms with Crippen molar-refractivity contribution in [3.8, 4) is 0 Å². The lowest BCUT2D eigenvalue weighted by atomic mass is 11.6. The van der Waals surface area contributed by atoms with Gasteiger partial charge in [0.2, 0.25) is 6.08 Å². The highest BCUT2D eigenvalue weighted by atomic mass is 32.2. The van der Waals surface area contributed by atoms with Crippen LogP contribution in [0.15, 0.2) is 4.40 Å². The van der Waals surface area contributed by atoms with Crippen LogP contribution in [0.1, 0.15) is 0 Å². The number of rotatable bonds is 1. The SMILES string of the molecule is O=C=NSC(=O)O. The van der Waals surface area contributed by atoms with Gasteiger partial charge in [-0.25, -0.2) is 9.59 Å². The Morgan fingerprint density at radius 3 is 2.57 bits per heavy atom. The van der Waals surface area contributed by atoms with Gasteiger partial charge < -0.3 is 5.11 Å². The van der Waals surface area contributed by atoms with E-state index in [1.807, 2.05) is 0 Å². The Bertz CT molecular complexity index is 116. The van der Waals surface area contributed by atoms with Crippen LogP contribution in [0.5, 0.6) is 0 Å². The number of hydrogen-bond acceptors (Lipinski definition) is 4. The van der Waals surface area contributed by atoms with Gasteiger partial charge in [-0.05, 0) is 0 Å². The highest BCUT2D eigenvalue weighted by molar-refractivity contribution is 8.12. The van der Waals surface area contributed by atoms with E-state index < -0.39 is 5.30 Å². The molecule has 4 nitrogen and oxygen atoms in total. The van der Waals surface area contributed by atoms with E-state index in [4.69, 9.17) is 9.90 Å². The van der Waals surface area contributed by atoms with Crippen molar-refractivity contribution in [1.82, 2.24) is 0 Å². The van der Waals surface area contributed by atoms with Crippen molar-refractivity contribution in [2.24, 2.45) is 4.40 Å². The fourth-order valence-corrected chi connectivity index (χ4v) is 0.173. The molecule has 0 amide bonds. The van der Waals surface area contributed by atoms with Crippen LogP contribution in [0.3, 0.4) is 0 Å². The molecule has 0 saturated heterocycles. The van der Waals surface area contributed by atoms with Gasteiger partial charge in [0.05, 0.1) is 0 Å². The molecule has 0 aliphatic rings. The standard InChI is InChI=1S/C2HNO3S/c4-1-3-7-2(5)6/h(H,5,6). The van der Waals surface area contributed by atoms with Crippen LogP contribution in [0, 0.1) is 0 Å². The Balaban J connectivity index is 3.32. The molecular weight excluding hydrogens is 118 g/mol. The van der Waals surface area contributed by atoms with E-state index in [1.165, 1.54) is 0 Å². The lowest BCUT2D eigenvalue weighted by Crippen LogP contribution is -1.76. The van der Waals surface area contributed by atoms with Crippen LogP contribution in [0.2, 0.25) is 0 Å². The summed E-state index contributed by atoms with van der Waals surface area (Å²) in [7, 11) is 0. The van der Waals surface area contributed by atoms with Crippen LogP contribution in [-0.4, -0.2) is 16.5 Å². The molecule has 5 heteroatoms. The Morgan fingerprint density at radius 1 is 1.86 bits per heavy atom. The minimum absolute atomic E-state index is 0.149. The average Bonchev–Trinajstić information content (AvgIpc) is 1.61. The molecule has 0 atom stereocenters. The molecule has 0 aromatic heterocycles. The molecule has 0 saturated carbocycles. The Hall–Kier alpha value is -0.800. The van der Waals surface area contributed by atoms with E-state index in [1.54, 1.807) is 0 Å². The summed E-state index contributed by atoms with van der Waals surface area (Å²) in [5, 5.41) is 6.53. The number of hydrogen-bond donors (Lipinski definition) is 1. The second-order valence-corrected chi connectivity index (χ2v) is 1.25. The van der Waals surface area contributed by atoms with Gasteiger partial charge in [-0.2, -0.15) is 0 Å². The molecule has 0 bridgehead atoms. The summed E-state index contributed by atoms with van der Waals surface area (Å²) < 4.78 is 2.68. The first-order valence-electron chi connectivity index (χ1n) is 1.24. The van der Waals surface area contributed by atoms with Crippen molar-refractivity contribution in [3.05, 3.63) is 0 Å². The molecule has 0 aromatic rings. The van der Waals surface area contributed by atoms with Crippen LogP contribution in [-0.2, 0) is 4.79 Å². The van der Waals surface area contributed by atoms with Crippen molar-refractivity contribution in [1.29, 1.82) is 0 Å². The first-order valence-corrected chi connectivity index (χ1v) is 2.02. The largest absolute Gasteiger partial charge is 0.472 e. The van der Waals surface area contributed by atoms with Crippen molar-refractivity contribution in [2.75, 3.05) is 0 Å². The third-order valence-electron chi connectivity index (χ3n) is 0.161. The normalized spacial score (nSPS) is 6.86. The van der Waals surface area contributed by atoms with Gasteiger partial charge >= 0.3 is 5.30 Å². The lowest BCUT2D eigenvalue weighted by Gasteiger charge is -1.71. The molecule has 0 radical (unpaired) electrons.